The number of alkyl carbamates (subject to hydrolysis) is 1. The monoisotopic (exact) mass is 335 g/mol. The third-order valence-electron chi connectivity index (χ3n) is 3.86. The van der Waals surface area contributed by atoms with Crippen LogP contribution >= 0.6 is 0 Å². The van der Waals surface area contributed by atoms with Crippen LogP contribution < -0.4 is 10.6 Å². The standard InChI is InChI=1S/C17H25N3O4/c1-11-5-8-14(15(9-11)20(22)23)18-12-6-7-13(10-12)19-16(21)24-17(2,3)4/h5,8-9,12-13,18H,6-7,10H2,1-4H3,(H,19,21). The first-order valence-electron chi connectivity index (χ1n) is 8.15. The van der Waals surface area contributed by atoms with Crippen LogP contribution in [-0.2, 0) is 4.74 Å². The highest BCUT2D eigenvalue weighted by atomic mass is 16.6. The van der Waals surface area contributed by atoms with Gasteiger partial charge in [-0.3, -0.25) is 10.1 Å². The molecule has 2 N–H and O–H groups in total. The maximum absolute atomic E-state index is 11.8. The normalized spacial score (nSPS) is 20.5. The lowest BCUT2D eigenvalue weighted by molar-refractivity contribution is -0.384. The maximum Gasteiger partial charge on any atom is 0.407 e. The fraction of sp³-hybridized carbons (Fsp3) is 0.588. The van der Waals surface area contributed by atoms with Crippen molar-refractivity contribution in [3.63, 3.8) is 0 Å². The van der Waals surface area contributed by atoms with Gasteiger partial charge in [-0.2, -0.15) is 0 Å². The molecule has 0 radical (unpaired) electrons. The summed E-state index contributed by atoms with van der Waals surface area (Å²) in [6, 6.07) is 5.25. The van der Waals surface area contributed by atoms with Gasteiger partial charge in [-0.25, -0.2) is 4.79 Å². The van der Waals surface area contributed by atoms with Crippen LogP contribution in [-0.4, -0.2) is 28.7 Å². The molecule has 0 heterocycles. The molecule has 132 valence electrons. The van der Waals surface area contributed by atoms with Gasteiger partial charge in [0, 0.05) is 18.2 Å². The van der Waals surface area contributed by atoms with Crippen molar-refractivity contribution in [1.29, 1.82) is 0 Å². The largest absolute Gasteiger partial charge is 0.444 e. The summed E-state index contributed by atoms with van der Waals surface area (Å²) >= 11 is 0. The van der Waals surface area contributed by atoms with Crippen molar-refractivity contribution >= 4 is 17.5 Å². The smallest absolute Gasteiger partial charge is 0.407 e. The molecule has 1 fully saturated rings. The predicted molar refractivity (Wildman–Crippen MR) is 92.3 cm³/mol. The summed E-state index contributed by atoms with van der Waals surface area (Å²) in [5.41, 5.74) is 0.929. The number of hydrogen-bond donors (Lipinski definition) is 2. The number of carbonyl (C=O) groups excluding carboxylic acids is 1. The molecular formula is C17H25N3O4. The van der Waals surface area contributed by atoms with Gasteiger partial charge in [0.15, 0.2) is 0 Å². The molecule has 1 saturated carbocycles. The first-order chi connectivity index (χ1) is 11.1. The van der Waals surface area contributed by atoms with E-state index in [0.717, 1.165) is 18.4 Å². The van der Waals surface area contributed by atoms with Gasteiger partial charge in [-0.1, -0.05) is 6.07 Å². The Hall–Kier alpha value is -2.31. The van der Waals surface area contributed by atoms with E-state index in [1.807, 2.05) is 33.8 Å². The molecule has 0 saturated heterocycles. The van der Waals surface area contributed by atoms with Crippen molar-refractivity contribution in [2.45, 2.75) is 64.6 Å². The van der Waals surface area contributed by atoms with E-state index in [9.17, 15) is 14.9 Å². The van der Waals surface area contributed by atoms with Crippen LogP contribution in [0, 0.1) is 17.0 Å². The van der Waals surface area contributed by atoms with Crippen LogP contribution in [0.15, 0.2) is 18.2 Å². The molecule has 2 unspecified atom stereocenters. The second kappa shape index (κ2) is 7.07. The Morgan fingerprint density at radius 1 is 1.29 bits per heavy atom. The van der Waals surface area contributed by atoms with Gasteiger partial charge >= 0.3 is 6.09 Å². The number of aryl methyl sites for hydroxylation is 1. The number of carbonyl (C=O) groups is 1. The summed E-state index contributed by atoms with van der Waals surface area (Å²) in [6.07, 6.45) is 1.95. The van der Waals surface area contributed by atoms with Crippen molar-refractivity contribution in [2.24, 2.45) is 0 Å². The van der Waals surface area contributed by atoms with Crippen molar-refractivity contribution < 1.29 is 14.5 Å². The first kappa shape index (κ1) is 18.0. The second-order valence-corrected chi connectivity index (χ2v) is 7.28. The molecule has 2 rings (SSSR count). The predicted octanol–water partition coefficient (Wildman–Crippen LogP) is 3.76. The van der Waals surface area contributed by atoms with Crippen LogP contribution in [0.25, 0.3) is 0 Å². The van der Waals surface area contributed by atoms with E-state index >= 15 is 0 Å². The van der Waals surface area contributed by atoms with E-state index in [4.69, 9.17) is 4.74 Å². The minimum Gasteiger partial charge on any atom is -0.444 e. The molecule has 1 aliphatic carbocycles. The van der Waals surface area contributed by atoms with Crippen LogP contribution in [0.2, 0.25) is 0 Å². The topological polar surface area (TPSA) is 93.5 Å². The van der Waals surface area contributed by atoms with Crippen molar-refractivity contribution in [2.75, 3.05) is 5.32 Å². The Kier molecular flexibility index (Phi) is 5.31. The molecule has 7 heteroatoms. The van der Waals surface area contributed by atoms with Crippen molar-refractivity contribution in [3.8, 4) is 0 Å². The summed E-state index contributed by atoms with van der Waals surface area (Å²) in [5.74, 6) is 0. The Labute approximate surface area is 141 Å². The van der Waals surface area contributed by atoms with E-state index in [2.05, 4.69) is 10.6 Å². The minimum absolute atomic E-state index is 0.0156. The quantitative estimate of drug-likeness (QED) is 0.645. The van der Waals surface area contributed by atoms with Gasteiger partial charge in [0.1, 0.15) is 11.3 Å². The van der Waals surface area contributed by atoms with E-state index in [1.54, 1.807) is 12.1 Å². The van der Waals surface area contributed by atoms with Gasteiger partial charge in [-0.05, 0) is 58.6 Å². The van der Waals surface area contributed by atoms with E-state index in [1.165, 1.54) is 0 Å². The van der Waals surface area contributed by atoms with Crippen molar-refractivity contribution in [1.82, 2.24) is 5.32 Å². The molecular weight excluding hydrogens is 310 g/mol. The SMILES string of the molecule is Cc1ccc(NC2CCC(NC(=O)OC(C)(C)C)C2)c([N+](=O)[O-])c1. The molecule has 1 aliphatic rings. The Balaban J connectivity index is 1.93. The zero-order valence-electron chi connectivity index (χ0n) is 14.6. The van der Waals surface area contributed by atoms with Gasteiger partial charge in [0.25, 0.3) is 5.69 Å². The number of amides is 1. The molecule has 1 aromatic carbocycles. The number of ether oxygens (including phenoxy) is 1. The number of anilines is 1. The summed E-state index contributed by atoms with van der Waals surface area (Å²) in [4.78, 5) is 22.6. The van der Waals surface area contributed by atoms with Gasteiger partial charge < -0.3 is 15.4 Å². The van der Waals surface area contributed by atoms with Gasteiger partial charge in [0.2, 0.25) is 0 Å². The zero-order valence-corrected chi connectivity index (χ0v) is 14.6. The number of nitrogens with zero attached hydrogens (tertiary/aromatic N) is 1. The summed E-state index contributed by atoms with van der Waals surface area (Å²) in [5, 5.41) is 17.3. The maximum atomic E-state index is 11.8. The minimum atomic E-state index is -0.525. The van der Waals surface area contributed by atoms with E-state index < -0.39 is 11.7 Å². The molecule has 1 amide bonds. The van der Waals surface area contributed by atoms with E-state index in [0.29, 0.717) is 12.1 Å². The Bertz CT molecular complexity index is 625. The van der Waals surface area contributed by atoms with Gasteiger partial charge in [-0.15, -0.1) is 0 Å². The third kappa shape index (κ3) is 5.11. The number of benzene rings is 1. The molecule has 2 atom stereocenters. The highest BCUT2D eigenvalue weighted by Crippen LogP contribution is 2.30. The van der Waals surface area contributed by atoms with Crippen LogP contribution in [0.3, 0.4) is 0 Å². The number of nitrogens with one attached hydrogen (secondary N) is 2. The second-order valence-electron chi connectivity index (χ2n) is 7.28. The lowest BCUT2D eigenvalue weighted by atomic mass is 10.1. The highest BCUT2D eigenvalue weighted by molar-refractivity contribution is 5.68. The lowest BCUT2D eigenvalue weighted by Crippen LogP contribution is -2.38. The first-order valence-corrected chi connectivity index (χ1v) is 8.15. The molecule has 7 nitrogen and oxygen atoms in total. The van der Waals surface area contributed by atoms with Gasteiger partial charge in [0.05, 0.1) is 4.92 Å². The summed E-state index contributed by atoms with van der Waals surface area (Å²) < 4.78 is 5.26. The Morgan fingerprint density at radius 3 is 2.58 bits per heavy atom. The molecule has 0 spiro atoms. The van der Waals surface area contributed by atoms with Crippen LogP contribution in [0.4, 0.5) is 16.2 Å². The number of nitro benzene ring substituents is 1. The fourth-order valence-corrected chi connectivity index (χ4v) is 2.85. The molecule has 1 aromatic rings. The number of hydrogen-bond acceptors (Lipinski definition) is 5. The molecule has 0 bridgehead atoms. The average molecular weight is 335 g/mol. The lowest BCUT2D eigenvalue weighted by Gasteiger charge is -2.22. The highest BCUT2D eigenvalue weighted by Gasteiger charge is 2.29. The fourth-order valence-electron chi connectivity index (χ4n) is 2.85. The number of nitro groups is 1. The van der Waals surface area contributed by atoms with Crippen molar-refractivity contribution in [3.05, 3.63) is 33.9 Å². The molecule has 0 aromatic heterocycles. The third-order valence-corrected chi connectivity index (χ3v) is 3.86. The van der Waals surface area contributed by atoms with Crippen LogP contribution in [0.5, 0.6) is 0 Å². The molecule has 0 aliphatic heterocycles. The Morgan fingerprint density at radius 2 is 1.96 bits per heavy atom. The van der Waals surface area contributed by atoms with Crippen LogP contribution in [0.1, 0.15) is 45.6 Å². The summed E-state index contributed by atoms with van der Waals surface area (Å²) in [7, 11) is 0. The zero-order chi connectivity index (χ0) is 17.9. The van der Waals surface area contributed by atoms with E-state index in [-0.39, 0.29) is 22.7 Å². The number of rotatable bonds is 4. The molecule has 24 heavy (non-hydrogen) atoms. The summed E-state index contributed by atoms with van der Waals surface area (Å²) in [6.45, 7) is 7.29. The average Bonchev–Trinajstić information content (AvgIpc) is 2.85.